The molecule has 0 aliphatic heterocycles. The van der Waals surface area contributed by atoms with Crippen molar-refractivity contribution < 1.29 is 4.79 Å². The SMILES string of the molecule is CCC(C)(C=O)Cc1cc(Br)cs1. The standard InChI is InChI=1S/C10H13BrOS/c1-3-10(2,7-12)5-9-4-8(11)6-13-9/h4,6-7H,3,5H2,1-2H3. The smallest absolute Gasteiger partial charge is 0.126 e. The van der Waals surface area contributed by atoms with Crippen molar-refractivity contribution in [1.29, 1.82) is 0 Å². The summed E-state index contributed by atoms with van der Waals surface area (Å²) in [5.74, 6) is 0. The second kappa shape index (κ2) is 4.38. The van der Waals surface area contributed by atoms with E-state index in [0.717, 1.165) is 23.6 Å². The number of carbonyl (C=O) groups is 1. The minimum atomic E-state index is -0.190. The summed E-state index contributed by atoms with van der Waals surface area (Å²) in [7, 11) is 0. The van der Waals surface area contributed by atoms with Crippen LogP contribution in [0.5, 0.6) is 0 Å². The zero-order chi connectivity index (χ0) is 9.90. The summed E-state index contributed by atoms with van der Waals surface area (Å²) in [6, 6.07) is 2.09. The Morgan fingerprint density at radius 3 is 2.77 bits per heavy atom. The molecular formula is C10H13BrOS. The van der Waals surface area contributed by atoms with Gasteiger partial charge >= 0.3 is 0 Å². The van der Waals surface area contributed by atoms with Gasteiger partial charge in [0.05, 0.1) is 0 Å². The topological polar surface area (TPSA) is 17.1 Å². The lowest BCUT2D eigenvalue weighted by atomic mass is 9.85. The molecule has 0 bridgehead atoms. The van der Waals surface area contributed by atoms with E-state index in [-0.39, 0.29) is 5.41 Å². The molecule has 1 atom stereocenters. The van der Waals surface area contributed by atoms with E-state index in [9.17, 15) is 4.79 Å². The molecule has 72 valence electrons. The van der Waals surface area contributed by atoms with Crippen molar-refractivity contribution in [1.82, 2.24) is 0 Å². The quantitative estimate of drug-likeness (QED) is 0.756. The predicted octanol–water partition coefficient (Wildman–Crippen LogP) is 3.67. The summed E-state index contributed by atoms with van der Waals surface area (Å²) in [5.41, 5.74) is -0.190. The Morgan fingerprint density at radius 1 is 1.69 bits per heavy atom. The Balaban J connectivity index is 2.72. The van der Waals surface area contributed by atoms with Crippen molar-refractivity contribution in [2.24, 2.45) is 5.41 Å². The molecule has 0 aliphatic rings. The van der Waals surface area contributed by atoms with Gasteiger partial charge in [-0.3, -0.25) is 0 Å². The van der Waals surface area contributed by atoms with Gasteiger partial charge in [-0.2, -0.15) is 0 Å². The Bertz CT molecular complexity index is 295. The van der Waals surface area contributed by atoms with Crippen LogP contribution in [0.4, 0.5) is 0 Å². The van der Waals surface area contributed by atoms with Gasteiger partial charge < -0.3 is 4.79 Å². The van der Waals surface area contributed by atoms with Crippen molar-refractivity contribution in [2.75, 3.05) is 0 Å². The van der Waals surface area contributed by atoms with Gasteiger partial charge in [-0.25, -0.2) is 0 Å². The normalized spacial score (nSPS) is 15.3. The molecule has 0 saturated carbocycles. The monoisotopic (exact) mass is 260 g/mol. The fraction of sp³-hybridized carbons (Fsp3) is 0.500. The molecule has 0 radical (unpaired) electrons. The van der Waals surface area contributed by atoms with E-state index in [4.69, 9.17) is 0 Å². The van der Waals surface area contributed by atoms with E-state index in [1.807, 2.05) is 6.92 Å². The maximum atomic E-state index is 10.9. The fourth-order valence-electron chi connectivity index (χ4n) is 1.09. The molecule has 13 heavy (non-hydrogen) atoms. The number of rotatable bonds is 4. The summed E-state index contributed by atoms with van der Waals surface area (Å²) in [5, 5.41) is 2.05. The van der Waals surface area contributed by atoms with Gasteiger partial charge in [0.1, 0.15) is 6.29 Å². The Morgan fingerprint density at radius 2 is 2.38 bits per heavy atom. The molecule has 0 amide bonds. The molecule has 1 nitrogen and oxygen atoms in total. The van der Waals surface area contributed by atoms with E-state index in [0.29, 0.717) is 0 Å². The number of aldehydes is 1. The zero-order valence-electron chi connectivity index (χ0n) is 7.84. The molecule has 3 heteroatoms. The molecule has 1 aromatic heterocycles. The summed E-state index contributed by atoms with van der Waals surface area (Å²) in [6.45, 7) is 4.06. The van der Waals surface area contributed by atoms with E-state index in [1.165, 1.54) is 4.88 Å². The second-order valence-electron chi connectivity index (χ2n) is 3.53. The predicted molar refractivity (Wildman–Crippen MR) is 60.2 cm³/mol. The second-order valence-corrected chi connectivity index (χ2v) is 5.44. The first-order valence-corrected chi connectivity index (χ1v) is 5.96. The van der Waals surface area contributed by atoms with E-state index in [1.54, 1.807) is 11.3 Å². The van der Waals surface area contributed by atoms with Crippen LogP contribution >= 0.6 is 27.3 Å². The molecule has 0 saturated heterocycles. The fourth-order valence-corrected chi connectivity index (χ4v) is 2.74. The average Bonchev–Trinajstić information content (AvgIpc) is 2.51. The Kier molecular flexibility index (Phi) is 3.68. The molecular weight excluding hydrogens is 248 g/mol. The van der Waals surface area contributed by atoms with Gasteiger partial charge in [-0.15, -0.1) is 11.3 Å². The van der Waals surface area contributed by atoms with Crippen molar-refractivity contribution in [3.05, 3.63) is 20.8 Å². The molecule has 0 fully saturated rings. The van der Waals surface area contributed by atoms with Crippen LogP contribution in [0.2, 0.25) is 0 Å². The average molecular weight is 261 g/mol. The van der Waals surface area contributed by atoms with E-state index in [2.05, 4.69) is 34.3 Å². The van der Waals surface area contributed by atoms with Crippen LogP contribution in [0, 0.1) is 5.41 Å². The maximum Gasteiger partial charge on any atom is 0.126 e. The molecule has 1 heterocycles. The number of hydrogen-bond donors (Lipinski definition) is 0. The lowest BCUT2D eigenvalue weighted by Gasteiger charge is -2.19. The van der Waals surface area contributed by atoms with Crippen LogP contribution in [0.1, 0.15) is 25.1 Å². The van der Waals surface area contributed by atoms with Crippen LogP contribution in [-0.2, 0) is 11.2 Å². The van der Waals surface area contributed by atoms with Gasteiger partial charge in [-0.05, 0) is 34.8 Å². The minimum absolute atomic E-state index is 0.190. The highest BCUT2D eigenvalue weighted by molar-refractivity contribution is 9.10. The summed E-state index contributed by atoms with van der Waals surface area (Å²) in [4.78, 5) is 12.1. The molecule has 1 rings (SSSR count). The van der Waals surface area contributed by atoms with Crippen molar-refractivity contribution >= 4 is 33.6 Å². The van der Waals surface area contributed by atoms with Gasteiger partial charge in [-0.1, -0.05) is 13.8 Å². The van der Waals surface area contributed by atoms with Crippen LogP contribution in [0.25, 0.3) is 0 Å². The molecule has 0 N–H and O–H groups in total. The van der Waals surface area contributed by atoms with Crippen LogP contribution in [0.3, 0.4) is 0 Å². The van der Waals surface area contributed by atoms with Gasteiger partial charge in [0.2, 0.25) is 0 Å². The maximum absolute atomic E-state index is 10.9. The highest BCUT2D eigenvalue weighted by Crippen LogP contribution is 2.29. The Hall–Kier alpha value is -0.150. The van der Waals surface area contributed by atoms with Crippen molar-refractivity contribution in [2.45, 2.75) is 26.7 Å². The van der Waals surface area contributed by atoms with Crippen molar-refractivity contribution in [3.8, 4) is 0 Å². The number of halogens is 1. The van der Waals surface area contributed by atoms with Gasteiger partial charge in [0.15, 0.2) is 0 Å². The first-order valence-electron chi connectivity index (χ1n) is 4.29. The molecule has 0 spiro atoms. The van der Waals surface area contributed by atoms with Crippen LogP contribution in [0.15, 0.2) is 15.9 Å². The zero-order valence-corrected chi connectivity index (χ0v) is 10.2. The third-order valence-corrected chi connectivity index (χ3v) is 3.99. The summed E-state index contributed by atoms with van der Waals surface area (Å²) in [6.07, 6.45) is 2.82. The number of hydrogen-bond acceptors (Lipinski definition) is 2. The third kappa shape index (κ3) is 2.92. The molecule has 0 aliphatic carbocycles. The third-order valence-electron chi connectivity index (χ3n) is 2.29. The number of carbonyl (C=O) groups excluding carboxylic acids is 1. The molecule has 0 aromatic carbocycles. The first-order chi connectivity index (χ1) is 6.09. The van der Waals surface area contributed by atoms with Crippen molar-refractivity contribution in [3.63, 3.8) is 0 Å². The lowest BCUT2D eigenvalue weighted by molar-refractivity contribution is -0.115. The lowest BCUT2D eigenvalue weighted by Crippen LogP contribution is -2.19. The largest absolute Gasteiger partial charge is 0.303 e. The Labute approximate surface area is 91.3 Å². The van der Waals surface area contributed by atoms with Crippen LogP contribution < -0.4 is 0 Å². The molecule has 1 unspecified atom stereocenters. The number of thiophene rings is 1. The summed E-state index contributed by atoms with van der Waals surface area (Å²) >= 11 is 5.11. The minimum Gasteiger partial charge on any atom is -0.303 e. The summed E-state index contributed by atoms with van der Waals surface area (Å²) < 4.78 is 1.11. The van der Waals surface area contributed by atoms with Crippen LogP contribution in [-0.4, -0.2) is 6.29 Å². The van der Waals surface area contributed by atoms with Gasteiger partial charge in [0, 0.05) is 20.1 Å². The van der Waals surface area contributed by atoms with E-state index >= 15 is 0 Å². The highest BCUT2D eigenvalue weighted by Gasteiger charge is 2.22. The first kappa shape index (κ1) is 10.9. The highest BCUT2D eigenvalue weighted by atomic mass is 79.9. The van der Waals surface area contributed by atoms with E-state index < -0.39 is 0 Å². The molecule has 1 aromatic rings. The van der Waals surface area contributed by atoms with Gasteiger partial charge in [0.25, 0.3) is 0 Å².